The van der Waals surface area contributed by atoms with Gasteiger partial charge in [0.05, 0.1) is 12.5 Å². The molecule has 0 fully saturated rings. The molecular formula is C15H13F3N4O. The molecule has 3 rings (SSSR count). The van der Waals surface area contributed by atoms with Crippen LogP contribution in [0.15, 0.2) is 30.3 Å². The van der Waals surface area contributed by atoms with Crippen molar-refractivity contribution in [3.63, 3.8) is 0 Å². The summed E-state index contributed by atoms with van der Waals surface area (Å²) in [4.78, 5) is 9.98. The molecule has 1 aromatic carbocycles. The van der Waals surface area contributed by atoms with Crippen molar-refractivity contribution < 1.29 is 17.9 Å². The first-order valence-electron chi connectivity index (χ1n) is 6.72. The Balaban J connectivity index is 2.10. The Hall–Kier alpha value is -2.77. The lowest BCUT2D eigenvalue weighted by Crippen LogP contribution is -2.12. The summed E-state index contributed by atoms with van der Waals surface area (Å²) in [5.41, 5.74) is 1.40. The molecule has 120 valence electrons. The molecule has 0 saturated heterocycles. The van der Waals surface area contributed by atoms with Crippen molar-refractivity contribution in [2.24, 2.45) is 0 Å². The lowest BCUT2D eigenvalue weighted by atomic mass is 10.2. The third kappa shape index (κ3) is 3.05. The zero-order valence-electron chi connectivity index (χ0n) is 12.3. The SMILES string of the molecule is COc1cccc(Nc2nc(C(F)(F)F)nc3[nH]c(C)cc23)c1. The van der Waals surface area contributed by atoms with Crippen molar-refractivity contribution in [3.8, 4) is 5.75 Å². The first-order valence-corrected chi connectivity index (χ1v) is 6.72. The number of alkyl halides is 3. The number of halogens is 3. The average Bonchev–Trinajstić information content (AvgIpc) is 2.87. The number of methoxy groups -OCH3 is 1. The number of aryl methyl sites for hydroxylation is 1. The van der Waals surface area contributed by atoms with Crippen LogP contribution in [0.4, 0.5) is 24.7 Å². The predicted octanol–water partition coefficient (Wildman–Crippen LogP) is 4.04. The second-order valence-electron chi connectivity index (χ2n) is 4.97. The fraction of sp³-hybridized carbons (Fsp3) is 0.200. The highest BCUT2D eigenvalue weighted by Crippen LogP contribution is 2.32. The minimum atomic E-state index is -4.63. The van der Waals surface area contributed by atoms with Crippen molar-refractivity contribution in [3.05, 3.63) is 41.9 Å². The number of nitrogens with zero attached hydrogens (tertiary/aromatic N) is 2. The van der Waals surface area contributed by atoms with E-state index in [-0.39, 0.29) is 11.5 Å². The molecule has 2 N–H and O–H groups in total. The smallest absolute Gasteiger partial charge is 0.451 e. The van der Waals surface area contributed by atoms with E-state index < -0.39 is 12.0 Å². The standard InChI is InChI=1S/C15H13F3N4O/c1-8-6-11-12(19-8)21-14(15(16,17)18)22-13(11)20-9-4-3-5-10(7-9)23-2/h3-7H,1-2H3,(H2,19,20,21,22). The van der Waals surface area contributed by atoms with Crippen LogP contribution in [0.2, 0.25) is 0 Å². The number of H-pyrrole nitrogens is 1. The maximum Gasteiger partial charge on any atom is 0.451 e. The molecule has 2 heterocycles. The molecular weight excluding hydrogens is 309 g/mol. The van der Waals surface area contributed by atoms with Crippen LogP contribution in [0.1, 0.15) is 11.5 Å². The van der Waals surface area contributed by atoms with Crippen LogP contribution in [-0.4, -0.2) is 22.1 Å². The van der Waals surface area contributed by atoms with Gasteiger partial charge in [-0.2, -0.15) is 13.2 Å². The van der Waals surface area contributed by atoms with Gasteiger partial charge in [-0.15, -0.1) is 0 Å². The van der Waals surface area contributed by atoms with Gasteiger partial charge in [-0.3, -0.25) is 0 Å². The number of ether oxygens (including phenoxy) is 1. The number of fused-ring (bicyclic) bond motifs is 1. The molecule has 2 aromatic heterocycles. The fourth-order valence-corrected chi connectivity index (χ4v) is 2.20. The summed E-state index contributed by atoms with van der Waals surface area (Å²) in [5, 5.41) is 3.38. The number of aromatic amines is 1. The van der Waals surface area contributed by atoms with Crippen LogP contribution in [0, 0.1) is 6.92 Å². The summed E-state index contributed by atoms with van der Waals surface area (Å²) < 4.78 is 44.0. The highest BCUT2D eigenvalue weighted by molar-refractivity contribution is 5.89. The van der Waals surface area contributed by atoms with Gasteiger partial charge in [0.25, 0.3) is 0 Å². The Morgan fingerprint density at radius 3 is 2.65 bits per heavy atom. The highest BCUT2D eigenvalue weighted by Gasteiger charge is 2.35. The Morgan fingerprint density at radius 1 is 1.17 bits per heavy atom. The summed E-state index contributed by atoms with van der Waals surface area (Å²) >= 11 is 0. The Kier molecular flexibility index (Phi) is 3.59. The third-order valence-corrected chi connectivity index (χ3v) is 3.21. The van der Waals surface area contributed by atoms with E-state index >= 15 is 0 Å². The zero-order valence-corrected chi connectivity index (χ0v) is 12.3. The molecule has 0 aliphatic heterocycles. The van der Waals surface area contributed by atoms with E-state index in [0.717, 1.165) is 0 Å². The molecule has 3 aromatic rings. The molecule has 5 nitrogen and oxygen atoms in total. The summed E-state index contributed by atoms with van der Waals surface area (Å²) in [6.07, 6.45) is -4.63. The second-order valence-corrected chi connectivity index (χ2v) is 4.97. The van der Waals surface area contributed by atoms with Crippen LogP contribution < -0.4 is 10.1 Å². The van der Waals surface area contributed by atoms with Gasteiger partial charge >= 0.3 is 6.18 Å². The maximum absolute atomic E-state index is 13.0. The fourth-order valence-electron chi connectivity index (χ4n) is 2.20. The van der Waals surface area contributed by atoms with E-state index in [1.54, 1.807) is 37.3 Å². The predicted molar refractivity (Wildman–Crippen MR) is 79.9 cm³/mol. The molecule has 0 bridgehead atoms. The summed E-state index contributed by atoms with van der Waals surface area (Å²) in [6.45, 7) is 1.74. The van der Waals surface area contributed by atoms with Gasteiger partial charge in [0.1, 0.15) is 17.2 Å². The molecule has 0 aliphatic carbocycles. The minimum absolute atomic E-state index is 0.0833. The third-order valence-electron chi connectivity index (χ3n) is 3.21. The topological polar surface area (TPSA) is 62.8 Å². The number of hydrogen-bond acceptors (Lipinski definition) is 4. The van der Waals surface area contributed by atoms with Gasteiger partial charge in [-0.1, -0.05) is 6.07 Å². The normalized spacial score (nSPS) is 11.7. The quantitative estimate of drug-likeness (QED) is 0.764. The number of benzene rings is 1. The maximum atomic E-state index is 13.0. The van der Waals surface area contributed by atoms with E-state index in [0.29, 0.717) is 22.5 Å². The lowest BCUT2D eigenvalue weighted by Gasteiger charge is -2.11. The van der Waals surface area contributed by atoms with E-state index in [9.17, 15) is 13.2 Å². The van der Waals surface area contributed by atoms with Gasteiger partial charge in [0.15, 0.2) is 0 Å². The lowest BCUT2D eigenvalue weighted by molar-refractivity contribution is -0.144. The van der Waals surface area contributed by atoms with Crippen molar-refractivity contribution in [1.82, 2.24) is 15.0 Å². The second kappa shape index (κ2) is 5.45. The van der Waals surface area contributed by atoms with Gasteiger partial charge in [-0.05, 0) is 25.1 Å². The Bertz CT molecular complexity index is 858. The van der Waals surface area contributed by atoms with Crippen LogP contribution in [0.3, 0.4) is 0 Å². The average molecular weight is 322 g/mol. The first kappa shape index (κ1) is 15.1. The number of aromatic nitrogens is 3. The molecule has 0 spiro atoms. The van der Waals surface area contributed by atoms with E-state index in [1.807, 2.05) is 0 Å². The van der Waals surface area contributed by atoms with Crippen LogP contribution in [0.25, 0.3) is 11.0 Å². The molecule has 0 saturated carbocycles. The van der Waals surface area contributed by atoms with Crippen LogP contribution in [0.5, 0.6) is 5.75 Å². The van der Waals surface area contributed by atoms with Crippen molar-refractivity contribution >= 4 is 22.5 Å². The monoisotopic (exact) mass is 322 g/mol. The number of nitrogens with one attached hydrogen (secondary N) is 2. The molecule has 0 atom stereocenters. The molecule has 8 heteroatoms. The Labute approximate surface area is 129 Å². The van der Waals surface area contributed by atoms with Crippen LogP contribution in [-0.2, 0) is 6.18 Å². The highest BCUT2D eigenvalue weighted by atomic mass is 19.4. The molecule has 0 aliphatic rings. The van der Waals surface area contributed by atoms with Gasteiger partial charge < -0.3 is 15.0 Å². The van der Waals surface area contributed by atoms with Gasteiger partial charge in [0, 0.05) is 17.4 Å². The molecule has 0 amide bonds. The van der Waals surface area contributed by atoms with Crippen LogP contribution >= 0.6 is 0 Å². The molecule has 23 heavy (non-hydrogen) atoms. The van der Waals surface area contributed by atoms with Crippen molar-refractivity contribution in [2.75, 3.05) is 12.4 Å². The van der Waals surface area contributed by atoms with Crippen molar-refractivity contribution in [2.45, 2.75) is 13.1 Å². The first-order chi connectivity index (χ1) is 10.9. The Morgan fingerprint density at radius 2 is 1.96 bits per heavy atom. The van der Waals surface area contributed by atoms with Crippen molar-refractivity contribution in [1.29, 1.82) is 0 Å². The molecule has 0 radical (unpaired) electrons. The van der Waals surface area contributed by atoms with E-state index in [4.69, 9.17) is 4.74 Å². The summed E-state index contributed by atoms with van der Waals surface area (Å²) in [6, 6.07) is 8.54. The zero-order chi connectivity index (χ0) is 16.6. The number of hydrogen-bond donors (Lipinski definition) is 2. The van der Waals surface area contributed by atoms with E-state index in [1.165, 1.54) is 7.11 Å². The number of rotatable bonds is 3. The van der Waals surface area contributed by atoms with Gasteiger partial charge in [-0.25, -0.2) is 9.97 Å². The number of anilines is 2. The van der Waals surface area contributed by atoms with E-state index in [2.05, 4.69) is 20.3 Å². The summed E-state index contributed by atoms with van der Waals surface area (Å²) in [7, 11) is 1.51. The van der Waals surface area contributed by atoms with Gasteiger partial charge in [0.2, 0.25) is 5.82 Å². The summed E-state index contributed by atoms with van der Waals surface area (Å²) in [5.74, 6) is -0.529. The largest absolute Gasteiger partial charge is 0.497 e. The molecule has 0 unspecified atom stereocenters. The minimum Gasteiger partial charge on any atom is -0.497 e.